The second kappa shape index (κ2) is 11.4. The zero-order chi connectivity index (χ0) is 30.1. The van der Waals surface area contributed by atoms with Crippen molar-refractivity contribution in [3.63, 3.8) is 0 Å². The number of sulfonamides is 1. The van der Waals surface area contributed by atoms with E-state index in [2.05, 4.69) is 35.2 Å². The second-order valence-electron chi connectivity index (χ2n) is 10.3. The molecule has 6 aromatic rings. The van der Waals surface area contributed by atoms with Crippen molar-refractivity contribution < 1.29 is 17.6 Å². The first-order valence-electron chi connectivity index (χ1n) is 13.6. The van der Waals surface area contributed by atoms with E-state index in [0.717, 1.165) is 51.3 Å². The molecule has 43 heavy (non-hydrogen) atoms. The van der Waals surface area contributed by atoms with Gasteiger partial charge < -0.3 is 10.3 Å². The van der Waals surface area contributed by atoms with Gasteiger partial charge in [0.05, 0.1) is 41.2 Å². The van der Waals surface area contributed by atoms with E-state index >= 15 is 0 Å². The molecule has 0 saturated carbocycles. The Hall–Kier alpha value is -4.94. The molecule has 1 amide bonds. The number of H-pyrrole nitrogens is 2. The number of hydrogen-bond donors (Lipinski definition) is 4. The molecule has 0 fully saturated rings. The zero-order valence-corrected chi connectivity index (χ0v) is 24.2. The molecule has 0 aliphatic carbocycles. The normalized spacial score (nSPS) is 11.8. The maximum Gasteiger partial charge on any atom is 0.224 e. The Kier molecular flexibility index (Phi) is 7.46. The maximum atomic E-state index is 14.6. The predicted molar refractivity (Wildman–Crippen MR) is 165 cm³/mol. The van der Waals surface area contributed by atoms with Crippen LogP contribution in [0.1, 0.15) is 25.3 Å². The van der Waals surface area contributed by atoms with Crippen molar-refractivity contribution in [2.75, 3.05) is 11.6 Å². The third kappa shape index (κ3) is 6.15. The molecule has 12 heteroatoms. The fourth-order valence-corrected chi connectivity index (χ4v) is 5.46. The number of amides is 1. The van der Waals surface area contributed by atoms with Crippen LogP contribution >= 0.6 is 0 Å². The topological polar surface area (TPSA) is 146 Å². The van der Waals surface area contributed by atoms with Crippen molar-refractivity contribution >= 4 is 43.4 Å². The third-order valence-corrected chi connectivity index (χ3v) is 7.64. The number of carbonyl (C=O) groups excluding carboxylic acids is 1. The fourth-order valence-electron chi connectivity index (χ4n) is 5.04. The van der Waals surface area contributed by atoms with Crippen LogP contribution < -0.4 is 10.0 Å². The number of anilines is 1. The van der Waals surface area contributed by atoms with Crippen LogP contribution in [-0.4, -0.2) is 45.7 Å². The highest BCUT2D eigenvalue weighted by Gasteiger charge is 2.16. The van der Waals surface area contributed by atoms with E-state index in [9.17, 15) is 17.6 Å². The summed E-state index contributed by atoms with van der Waals surface area (Å²) in [6.07, 6.45) is 7.25. The molecule has 4 aromatic heterocycles. The number of benzene rings is 2. The first kappa shape index (κ1) is 28.2. The van der Waals surface area contributed by atoms with Crippen LogP contribution in [0.3, 0.4) is 0 Å². The summed E-state index contributed by atoms with van der Waals surface area (Å²) in [5.41, 5.74) is 6.93. The molecule has 0 bridgehead atoms. The summed E-state index contributed by atoms with van der Waals surface area (Å²) in [6, 6.07) is 15.9. The molecule has 0 aliphatic rings. The number of aromatic amines is 2. The van der Waals surface area contributed by atoms with Crippen LogP contribution in [0.2, 0.25) is 0 Å². The van der Waals surface area contributed by atoms with Crippen LogP contribution in [0, 0.1) is 5.82 Å². The van der Waals surface area contributed by atoms with Gasteiger partial charge >= 0.3 is 0 Å². The van der Waals surface area contributed by atoms with Gasteiger partial charge in [-0.1, -0.05) is 19.1 Å². The highest BCUT2D eigenvalue weighted by atomic mass is 32.2. The number of nitrogens with one attached hydrogen (secondary N) is 4. The molecule has 0 unspecified atom stereocenters. The van der Waals surface area contributed by atoms with Gasteiger partial charge in [0.25, 0.3) is 0 Å². The number of halogens is 1. The molecule has 0 atom stereocenters. The molecule has 218 valence electrons. The SMILES string of the molecule is CCCC(=O)Nc1cncc(-c2cc3c(-c4cc5c(-c6cc(F)cc(CNS(C)(=O)=O)c6)cccc5[nH]4)n[nH]c3cn2)c1. The Balaban J connectivity index is 1.37. The fraction of sp³-hybridized carbons (Fsp3) is 0.161. The van der Waals surface area contributed by atoms with E-state index in [-0.39, 0.29) is 12.5 Å². The zero-order valence-electron chi connectivity index (χ0n) is 23.4. The predicted octanol–water partition coefficient (Wildman–Crippen LogP) is 5.76. The highest BCUT2D eigenvalue weighted by Crippen LogP contribution is 2.35. The Morgan fingerprint density at radius 3 is 2.65 bits per heavy atom. The van der Waals surface area contributed by atoms with E-state index < -0.39 is 15.8 Å². The van der Waals surface area contributed by atoms with Gasteiger partial charge in [0.2, 0.25) is 15.9 Å². The van der Waals surface area contributed by atoms with Gasteiger partial charge in [0.1, 0.15) is 11.5 Å². The Labute approximate surface area is 246 Å². The van der Waals surface area contributed by atoms with Gasteiger partial charge in [0, 0.05) is 41.0 Å². The summed E-state index contributed by atoms with van der Waals surface area (Å²) >= 11 is 0. The Morgan fingerprint density at radius 1 is 0.977 bits per heavy atom. The van der Waals surface area contributed by atoms with E-state index in [1.54, 1.807) is 24.7 Å². The van der Waals surface area contributed by atoms with Crippen LogP contribution in [0.4, 0.5) is 10.1 Å². The van der Waals surface area contributed by atoms with Crippen LogP contribution in [0.25, 0.3) is 55.6 Å². The number of fused-ring (bicyclic) bond motifs is 2. The van der Waals surface area contributed by atoms with E-state index in [1.807, 2.05) is 43.3 Å². The molecule has 0 saturated heterocycles. The molecule has 0 aliphatic heterocycles. The summed E-state index contributed by atoms with van der Waals surface area (Å²) in [7, 11) is -3.43. The lowest BCUT2D eigenvalue weighted by atomic mass is 9.99. The minimum Gasteiger partial charge on any atom is -0.353 e. The number of carbonyl (C=O) groups is 1. The Morgan fingerprint density at radius 2 is 1.84 bits per heavy atom. The first-order chi connectivity index (χ1) is 20.7. The molecular weight excluding hydrogens is 569 g/mol. The Bertz CT molecular complexity index is 2100. The van der Waals surface area contributed by atoms with Crippen molar-refractivity contribution in [1.29, 1.82) is 0 Å². The quantitative estimate of drug-likeness (QED) is 0.167. The van der Waals surface area contributed by atoms with Gasteiger partial charge in [-0.25, -0.2) is 17.5 Å². The molecule has 10 nitrogen and oxygen atoms in total. The molecule has 4 N–H and O–H groups in total. The average Bonchev–Trinajstić information content (AvgIpc) is 3.59. The smallest absolute Gasteiger partial charge is 0.224 e. The largest absolute Gasteiger partial charge is 0.353 e. The van der Waals surface area contributed by atoms with Crippen molar-refractivity contribution in [1.82, 2.24) is 29.9 Å². The average molecular weight is 598 g/mol. The monoisotopic (exact) mass is 597 g/mol. The van der Waals surface area contributed by atoms with Crippen LogP contribution in [-0.2, 0) is 21.4 Å². The number of nitrogens with zero attached hydrogens (tertiary/aromatic N) is 3. The van der Waals surface area contributed by atoms with Gasteiger partial charge in [-0.3, -0.25) is 19.9 Å². The lowest BCUT2D eigenvalue weighted by Gasteiger charge is -2.08. The molecule has 0 radical (unpaired) electrons. The lowest BCUT2D eigenvalue weighted by Crippen LogP contribution is -2.21. The summed E-state index contributed by atoms with van der Waals surface area (Å²) < 4.78 is 40.1. The van der Waals surface area contributed by atoms with E-state index in [4.69, 9.17) is 0 Å². The lowest BCUT2D eigenvalue weighted by molar-refractivity contribution is -0.116. The summed E-state index contributed by atoms with van der Waals surface area (Å²) in [5, 5.41) is 12.2. The molecule has 0 spiro atoms. The number of rotatable bonds is 9. The van der Waals surface area contributed by atoms with Crippen LogP contribution in [0.5, 0.6) is 0 Å². The van der Waals surface area contributed by atoms with Crippen LogP contribution in [0.15, 0.2) is 73.2 Å². The van der Waals surface area contributed by atoms with Crippen molar-refractivity contribution in [2.45, 2.75) is 26.3 Å². The van der Waals surface area contributed by atoms with Gasteiger partial charge in [0.15, 0.2) is 0 Å². The number of aromatic nitrogens is 5. The third-order valence-electron chi connectivity index (χ3n) is 6.97. The maximum absolute atomic E-state index is 14.6. The highest BCUT2D eigenvalue weighted by molar-refractivity contribution is 7.88. The first-order valence-corrected chi connectivity index (χ1v) is 15.5. The number of hydrogen-bond acceptors (Lipinski definition) is 6. The second-order valence-corrected chi connectivity index (χ2v) is 12.2. The number of pyridine rings is 2. The van der Waals surface area contributed by atoms with Crippen molar-refractivity contribution in [3.05, 3.63) is 84.6 Å². The molecule has 2 aromatic carbocycles. The van der Waals surface area contributed by atoms with Crippen molar-refractivity contribution in [3.8, 4) is 33.8 Å². The summed E-state index contributed by atoms with van der Waals surface area (Å²) in [4.78, 5) is 24.4. The standard InChI is InChI=1S/C31H28FN7O3S/c1-3-5-30(40)36-22-11-20(15-33-16-22)27-13-25-29(17-34-27)38-39-31(25)28-12-24-23(6-4-7-26(24)37-28)19-8-18(9-21(32)10-19)14-35-43(2,41)42/h4,6-13,15-17,35,37H,3,5,14H2,1-2H3,(H,36,40)(H,38,39). The molecular formula is C31H28FN7O3S. The minimum atomic E-state index is -3.43. The van der Waals surface area contributed by atoms with Gasteiger partial charge in [-0.05, 0) is 65.6 Å². The van der Waals surface area contributed by atoms with Crippen molar-refractivity contribution in [2.24, 2.45) is 0 Å². The molecule has 4 heterocycles. The van der Waals surface area contributed by atoms with Gasteiger partial charge in [-0.15, -0.1) is 0 Å². The van der Waals surface area contributed by atoms with E-state index in [0.29, 0.717) is 34.6 Å². The minimum absolute atomic E-state index is 0.0167. The van der Waals surface area contributed by atoms with E-state index in [1.165, 1.54) is 12.1 Å². The van der Waals surface area contributed by atoms with Gasteiger partial charge in [-0.2, -0.15) is 5.10 Å². The summed E-state index contributed by atoms with van der Waals surface area (Å²) in [5.74, 6) is -0.530. The summed E-state index contributed by atoms with van der Waals surface area (Å²) in [6.45, 7) is 1.93. The molecule has 6 rings (SSSR count).